The van der Waals surface area contributed by atoms with Crippen molar-refractivity contribution < 1.29 is 97.1 Å². The highest BCUT2D eigenvalue weighted by molar-refractivity contribution is 5.98. The maximum atomic E-state index is 13.4. The summed E-state index contributed by atoms with van der Waals surface area (Å²) >= 11 is 0. The maximum absolute atomic E-state index is 13.4. The number of rotatable bonds is 43. The standard InChI is InChI=1S/C28H33N5O5.C26H30N6O5.2C25H30N4O5/c1-17-12-20(8-9-24(17)35)14-23(32-18(2)34)28(38)33-22(16-26-30-10-11-31-26)25(36)15-21(27(29)37)13-19-6-4-3-5-7-19;1-16(33)30-22(12-18-7-9-20(34)10-8-18)25(36)32-23(13-19-14-28-15-29-19)26(37)31-21(24(27)35)11-17-5-3-2-4-6-17;2*1-16(30)27-21(15-18-9-11-19(31)12-10-18)25(34)29-13-5-8-22(29)24(33)28-20(23(26)32)14-17-6-3-2-4-7-17/h3-12,21-23,35H,13-16H2,1-2H3,(H2,29,37)(H,30,31)(H,32,34)(H,33,38);2-10,14-15,21-23,34H,11-13H2,1H3,(H2,27,35)(H,28,29)(H,30,33)(H,31,37)(H,32,36);2*2-4,6-7,9-12,20-22,31H,5,8,13-15H2,1H3,(H2,26,32)(H,27,30)(H,28,33)/t;21?,22?,23-;20-,21?,22-;/m.00./s1. The van der Waals surface area contributed by atoms with E-state index in [0.29, 0.717) is 61.4 Å². The molecule has 12 atom stereocenters. The molecular weight excluding hydrogens is 1840 g/mol. The summed E-state index contributed by atoms with van der Waals surface area (Å²) in [5, 5.41) is 62.4. The number of imidazole rings is 2. The molecule has 12 rings (SSSR count). The molecule has 2 aromatic heterocycles. The fraction of sp³-hybridized carbons (Fsp3) is 0.327. The first-order chi connectivity index (χ1) is 68.3. The molecule has 2 aliphatic rings. The molecule has 39 nitrogen and oxygen atoms in total. The number of benzene rings is 8. The molecule has 39 heteroatoms. The fourth-order valence-corrected chi connectivity index (χ4v) is 16.3. The van der Waals surface area contributed by atoms with Crippen LogP contribution < -0.4 is 70.8 Å². The Morgan fingerprint density at radius 1 is 0.364 bits per heavy atom. The second-order valence-corrected chi connectivity index (χ2v) is 34.9. The number of aromatic hydroxyl groups is 4. The fourth-order valence-electron chi connectivity index (χ4n) is 16.3. The van der Waals surface area contributed by atoms with Crippen LogP contribution in [0.4, 0.5) is 0 Å². The Morgan fingerprint density at radius 3 is 1.04 bits per heavy atom. The van der Waals surface area contributed by atoms with Crippen LogP contribution in [0.5, 0.6) is 23.0 Å². The molecule has 0 aliphatic carbocycles. The van der Waals surface area contributed by atoms with Crippen LogP contribution in [-0.2, 0) is 141 Å². The van der Waals surface area contributed by atoms with Crippen molar-refractivity contribution in [2.75, 3.05) is 13.1 Å². The van der Waals surface area contributed by atoms with Gasteiger partial charge in [0, 0.05) is 135 Å². The third-order valence-corrected chi connectivity index (χ3v) is 23.5. The van der Waals surface area contributed by atoms with E-state index in [0.717, 1.165) is 38.9 Å². The summed E-state index contributed by atoms with van der Waals surface area (Å²) in [6.45, 7) is 7.69. The zero-order chi connectivity index (χ0) is 104. The molecule has 0 bridgehead atoms. The normalized spacial score (nSPS) is 15.0. The molecule has 754 valence electrons. The Hall–Kier alpha value is -16.9. The monoisotopic (exact) mass is 1960 g/mol. The second-order valence-electron chi connectivity index (χ2n) is 34.9. The summed E-state index contributed by atoms with van der Waals surface area (Å²) in [4.78, 5) is 218. The van der Waals surface area contributed by atoms with Crippen LogP contribution in [0.15, 0.2) is 237 Å². The number of phenolic OH excluding ortho intramolecular Hbond substituents is 4. The highest BCUT2D eigenvalue weighted by atomic mass is 16.3. The number of nitrogens with zero attached hydrogens (tertiary/aromatic N) is 4. The molecule has 0 spiro atoms. The van der Waals surface area contributed by atoms with Gasteiger partial charge in [-0.05, 0) is 132 Å². The molecule has 8 aromatic carbocycles. The summed E-state index contributed by atoms with van der Waals surface area (Å²) in [6.07, 6.45) is 9.85. The van der Waals surface area contributed by atoms with Gasteiger partial charge in [-0.15, -0.1) is 0 Å². The summed E-state index contributed by atoms with van der Waals surface area (Å²) in [5.41, 5.74) is 29.7. The average Bonchev–Trinajstić information content (AvgIpc) is 1.37. The molecule has 143 heavy (non-hydrogen) atoms. The van der Waals surface area contributed by atoms with Crippen molar-refractivity contribution in [3.63, 3.8) is 0 Å². The number of ketones is 1. The van der Waals surface area contributed by atoms with Gasteiger partial charge >= 0.3 is 0 Å². The lowest BCUT2D eigenvalue weighted by molar-refractivity contribution is -0.141. The van der Waals surface area contributed by atoms with Gasteiger partial charge in [-0.1, -0.05) is 170 Å². The number of carbonyl (C=O) groups is 16. The van der Waals surface area contributed by atoms with E-state index in [2.05, 4.69) is 67.8 Å². The Labute approximate surface area is 826 Å². The van der Waals surface area contributed by atoms with Crippen LogP contribution in [-0.4, -0.2) is 224 Å². The van der Waals surface area contributed by atoms with Crippen molar-refractivity contribution in [3.8, 4) is 23.0 Å². The van der Waals surface area contributed by atoms with Crippen LogP contribution in [0.1, 0.15) is 121 Å². The highest BCUT2D eigenvalue weighted by Crippen LogP contribution is 2.26. The van der Waals surface area contributed by atoms with E-state index in [1.165, 1.54) is 98.7 Å². The summed E-state index contributed by atoms with van der Waals surface area (Å²) in [7, 11) is 0. The van der Waals surface area contributed by atoms with Gasteiger partial charge < -0.3 is 111 Å². The van der Waals surface area contributed by atoms with Crippen LogP contribution in [0.25, 0.3) is 0 Å². The number of nitrogens with one attached hydrogen (secondary N) is 11. The topological polar surface area (TPSA) is 630 Å². The van der Waals surface area contributed by atoms with Crippen molar-refractivity contribution in [3.05, 3.63) is 299 Å². The molecule has 2 fully saturated rings. The van der Waals surface area contributed by atoms with Gasteiger partial charge in [-0.3, -0.25) is 76.7 Å². The van der Waals surface area contributed by atoms with Gasteiger partial charge in [0.2, 0.25) is 88.6 Å². The van der Waals surface area contributed by atoms with Crippen LogP contribution in [0.2, 0.25) is 0 Å². The van der Waals surface area contributed by atoms with Gasteiger partial charge in [-0.2, -0.15) is 0 Å². The molecule has 10 aromatic rings. The zero-order valence-electron chi connectivity index (χ0n) is 79.9. The molecule has 0 saturated carbocycles. The van der Waals surface area contributed by atoms with Crippen molar-refractivity contribution in [2.45, 2.75) is 197 Å². The van der Waals surface area contributed by atoms with Crippen LogP contribution >= 0.6 is 0 Å². The molecular formula is C104H123N19O20. The summed E-state index contributed by atoms with van der Waals surface area (Å²) in [6, 6.07) is 50.4. The smallest absolute Gasteiger partial charge is 0.246 e. The van der Waals surface area contributed by atoms with E-state index >= 15 is 0 Å². The predicted molar refractivity (Wildman–Crippen MR) is 527 cm³/mol. The van der Waals surface area contributed by atoms with Gasteiger partial charge in [0.1, 0.15) is 89.2 Å². The number of aromatic amines is 2. The van der Waals surface area contributed by atoms with Crippen molar-refractivity contribution >= 4 is 94.4 Å². The third-order valence-electron chi connectivity index (χ3n) is 23.5. The average molecular weight is 1960 g/mol. The first-order valence-electron chi connectivity index (χ1n) is 46.5. The van der Waals surface area contributed by atoms with E-state index in [9.17, 15) is 97.1 Å². The number of phenols is 4. The predicted octanol–water partition coefficient (Wildman–Crippen LogP) is 2.89. The number of H-pyrrole nitrogens is 2. The number of hydrogen-bond acceptors (Lipinski definition) is 22. The van der Waals surface area contributed by atoms with Crippen molar-refractivity contribution in [1.29, 1.82) is 0 Å². The molecule has 2 aliphatic heterocycles. The summed E-state index contributed by atoms with van der Waals surface area (Å²) in [5.74, 6) is -7.89. The first kappa shape index (κ1) is 110. The second kappa shape index (κ2) is 55.0. The van der Waals surface area contributed by atoms with E-state index in [4.69, 9.17) is 22.9 Å². The molecule has 15 amide bonds. The molecule has 2 saturated heterocycles. The lowest BCUT2D eigenvalue weighted by Gasteiger charge is -2.29. The Balaban J connectivity index is 0.000000213. The van der Waals surface area contributed by atoms with Crippen molar-refractivity contribution in [1.82, 2.24) is 77.6 Å². The SMILES string of the molecule is CC(=O)NC(Cc1ccc(O)c(C)c1)C(=O)NC(Cc1ncc[nH]1)C(=O)CC(Cc1ccccc1)C(N)=O.CC(=O)NC(Cc1ccc(O)cc1)C(=O)N1CCCC1C(=O)NC(Cc1ccccc1)C(N)=O.CC(=O)NC(Cc1ccc(O)cc1)C(=O)N1CCC[C@H]1C(=O)N[C@@H](Cc1ccccc1)C(N)=O.CC(=O)NC(Cc1ccc(O)cc1)C(=O)N[C@@H](Cc1cnc[nH]1)C(=O)NC(Cc1ccccc1)C(N)=O. The van der Waals surface area contributed by atoms with Crippen LogP contribution in [0.3, 0.4) is 0 Å². The van der Waals surface area contributed by atoms with Gasteiger partial charge in [-0.25, -0.2) is 9.97 Å². The van der Waals surface area contributed by atoms with E-state index in [1.807, 2.05) is 121 Å². The largest absolute Gasteiger partial charge is 0.508 e. The molecule has 4 heterocycles. The van der Waals surface area contributed by atoms with E-state index in [-0.39, 0.29) is 123 Å². The number of carbonyl (C=O) groups excluding carboxylic acids is 16. The number of likely N-dealkylation sites (tertiary alicyclic amines) is 2. The van der Waals surface area contributed by atoms with Gasteiger partial charge in [0.15, 0.2) is 5.78 Å². The Kier molecular flexibility index (Phi) is 42.2. The lowest BCUT2D eigenvalue weighted by Crippen LogP contribution is -2.57. The van der Waals surface area contributed by atoms with E-state index in [1.54, 1.807) is 61.7 Å². The maximum Gasteiger partial charge on any atom is 0.246 e. The quantitative estimate of drug-likeness (QED) is 0.0261. The number of primary amides is 4. The first-order valence-corrected chi connectivity index (χ1v) is 46.5. The Morgan fingerprint density at radius 2 is 0.692 bits per heavy atom. The Bertz CT molecular complexity index is 5780. The number of Topliss-reactive ketones (excluding diaryl/α,β-unsaturated/α-hetero) is 1. The van der Waals surface area contributed by atoms with Crippen LogP contribution in [0, 0.1) is 12.8 Å². The number of aryl methyl sites for hydroxylation is 1. The van der Waals surface area contributed by atoms with Crippen molar-refractivity contribution in [2.24, 2.45) is 28.9 Å². The third kappa shape index (κ3) is 36.4. The zero-order valence-corrected chi connectivity index (χ0v) is 79.9. The molecule has 23 N–H and O–H groups in total. The minimum absolute atomic E-state index is 0.0559. The number of nitrogens with two attached hydrogens (primary N) is 4. The minimum Gasteiger partial charge on any atom is -0.508 e. The minimum atomic E-state index is -1.10. The number of amides is 15. The van der Waals surface area contributed by atoms with Gasteiger partial charge in [0.05, 0.1) is 12.4 Å². The number of hydrogen-bond donors (Lipinski definition) is 19. The molecule has 0 radical (unpaired) electrons. The number of aromatic nitrogens is 4. The summed E-state index contributed by atoms with van der Waals surface area (Å²) < 4.78 is 0. The van der Waals surface area contributed by atoms with Gasteiger partial charge in [0.25, 0.3) is 0 Å². The lowest BCUT2D eigenvalue weighted by atomic mass is 9.90. The highest BCUT2D eigenvalue weighted by Gasteiger charge is 2.42. The van der Waals surface area contributed by atoms with E-state index < -0.39 is 137 Å². The molecule has 9 unspecified atom stereocenters.